The predicted octanol–water partition coefficient (Wildman–Crippen LogP) is 2.75. The third-order valence-electron chi connectivity index (χ3n) is 1.62. The molecule has 0 N–H and O–H groups in total. The minimum atomic E-state index is -0.882. The van der Waals surface area contributed by atoms with Crippen LogP contribution in [0, 0.1) is 19.7 Å². The van der Waals surface area contributed by atoms with E-state index in [1.807, 2.05) is 0 Å². The second-order valence-electron chi connectivity index (χ2n) is 2.62. The van der Waals surface area contributed by atoms with E-state index >= 15 is 0 Å². The van der Waals surface area contributed by atoms with Crippen LogP contribution in [0.25, 0.3) is 0 Å². The van der Waals surface area contributed by atoms with Crippen LogP contribution in [0.1, 0.15) is 11.1 Å². The van der Waals surface area contributed by atoms with E-state index in [4.69, 9.17) is 0 Å². The van der Waals surface area contributed by atoms with Crippen LogP contribution < -0.4 is 4.74 Å². The molecule has 1 rings (SSSR count). The van der Waals surface area contributed by atoms with E-state index < -0.39 is 6.86 Å². The van der Waals surface area contributed by atoms with Crippen molar-refractivity contribution >= 4 is 0 Å². The standard InChI is InChI=1S/C9H10F2O/c1-6-3-8(11)4-7(2)9(6)12-5-10/h3-4H,5H2,1-2H3. The summed E-state index contributed by atoms with van der Waals surface area (Å²) in [6, 6.07) is 2.63. The zero-order valence-corrected chi connectivity index (χ0v) is 7.03. The van der Waals surface area contributed by atoms with Crippen LogP contribution in [0.2, 0.25) is 0 Å². The van der Waals surface area contributed by atoms with Gasteiger partial charge in [-0.3, -0.25) is 0 Å². The Bertz CT molecular complexity index is 261. The summed E-state index contributed by atoms with van der Waals surface area (Å²) in [7, 11) is 0. The first kappa shape index (κ1) is 8.97. The fourth-order valence-corrected chi connectivity index (χ4v) is 1.18. The highest BCUT2D eigenvalue weighted by molar-refractivity contribution is 5.40. The fraction of sp³-hybridized carbons (Fsp3) is 0.333. The van der Waals surface area contributed by atoms with Gasteiger partial charge in [-0.2, -0.15) is 0 Å². The van der Waals surface area contributed by atoms with Crippen molar-refractivity contribution in [1.82, 2.24) is 0 Å². The molecule has 0 heterocycles. The van der Waals surface area contributed by atoms with Gasteiger partial charge in [0.1, 0.15) is 11.6 Å². The van der Waals surface area contributed by atoms with E-state index in [1.54, 1.807) is 13.8 Å². The quantitative estimate of drug-likeness (QED) is 0.666. The number of rotatable bonds is 2. The number of hydrogen-bond donors (Lipinski definition) is 0. The second kappa shape index (κ2) is 3.52. The van der Waals surface area contributed by atoms with Crippen LogP contribution in [-0.2, 0) is 0 Å². The number of benzene rings is 1. The lowest BCUT2D eigenvalue weighted by molar-refractivity contribution is 0.189. The van der Waals surface area contributed by atoms with Crippen molar-refractivity contribution in [1.29, 1.82) is 0 Å². The van der Waals surface area contributed by atoms with Crippen molar-refractivity contribution < 1.29 is 13.5 Å². The number of alkyl halides is 1. The van der Waals surface area contributed by atoms with Gasteiger partial charge in [-0.25, -0.2) is 8.78 Å². The Hall–Kier alpha value is -1.12. The van der Waals surface area contributed by atoms with Crippen LogP contribution in [-0.4, -0.2) is 6.86 Å². The summed E-state index contributed by atoms with van der Waals surface area (Å²) in [5.74, 6) is 0.107. The molecule has 66 valence electrons. The summed E-state index contributed by atoms with van der Waals surface area (Å²) in [4.78, 5) is 0. The topological polar surface area (TPSA) is 9.23 Å². The van der Waals surface area contributed by atoms with Gasteiger partial charge in [0.15, 0.2) is 0 Å². The Morgan fingerprint density at radius 3 is 2.17 bits per heavy atom. The summed E-state index contributed by atoms with van der Waals surface area (Å²) >= 11 is 0. The van der Waals surface area contributed by atoms with E-state index in [2.05, 4.69) is 4.74 Å². The van der Waals surface area contributed by atoms with Crippen LogP contribution in [0.4, 0.5) is 8.78 Å². The van der Waals surface area contributed by atoms with Gasteiger partial charge in [0.2, 0.25) is 6.86 Å². The summed E-state index contributed by atoms with van der Waals surface area (Å²) in [5, 5.41) is 0. The lowest BCUT2D eigenvalue weighted by atomic mass is 10.1. The van der Waals surface area contributed by atoms with Crippen LogP contribution in [0.3, 0.4) is 0 Å². The van der Waals surface area contributed by atoms with Crippen molar-refractivity contribution in [2.24, 2.45) is 0 Å². The smallest absolute Gasteiger partial charge is 0.228 e. The highest BCUT2D eigenvalue weighted by Gasteiger charge is 2.05. The molecule has 0 spiro atoms. The van der Waals surface area contributed by atoms with E-state index in [1.165, 1.54) is 12.1 Å². The Kier molecular flexibility index (Phi) is 2.63. The molecule has 0 bridgehead atoms. The van der Waals surface area contributed by atoms with Gasteiger partial charge < -0.3 is 4.74 Å². The van der Waals surface area contributed by atoms with E-state index in [0.717, 1.165) is 0 Å². The molecule has 0 saturated heterocycles. The monoisotopic (exact) mass is 172 g/mol. The maximum atomic E-state index is 12.7. The van der Waals surface area contributed by atoms with Gasteiger partial charge in [-0.1, -0.05) is 0 Å². The molecule has 0 amide bonds. The van der Waals surface area contributed by atoms with Gasteiger partial charge in [-0.05, 0) is 37.1 Å². The number of ether oxygens (including phenoxy) is 1. The maximum absolute atomic E-state index is 12.7. The molecule has 0 aliphatic rings. The molecule has 0 atom stereocenters. The Balaban J connectivity index is 3.10. The van der Waals surface area contributed by atoms with Gasteiger partial charge in [0, 0.05) is 0 Å². The molecule has 1 aromatic carbocycles. The van der Waals surface area contributed by atoms with Gasteiger partial charge in [0.25, 0.3) is 0 Å². The first-order valence-corrected chi connectivity index (χ1v) is 3.60. The first-order valence-electron chi connectivity index (χ1n) is 3.60. The minimum Gasteiger partial charge on any atom is -0.462 e. The second-order valence-corrected chi connectivity index (χ2v) is 2.62. The largest absolute Gasteiger partial charge is 0.462 e. The van der Waals surface area contributed by atoms with Crippen LogP contribution in [0.5, 0.6) is 5.75 Å². The molecule has 12 heavy (non-hydrogen) atoms. The molecule has 0 saturated carbocycles. The summed E-state index contributed by atoms with van der Waals surface area (Å²) in [5.41, 5.74) is 1.23. The fourth-order valence-electron chi connectivity index (χ4n) is 1.18. The zero-order chi connectivity index (χ0) is 9.14. The van der Waals surface area contributed by atoms with Crippen molar-refractivity contribution in [3.8, 4) is 5.75 Å². The van der Waals surface area contributed by atoms with E-state index in [0.29, 0.717) is 16.9 Å². The van der Waals surface area contributed by atoms with E-state index in [-0.39, 0.29) is 5.82 Å². The van der Waals surface area contributed by atoms with E-state index in [9.17, 15) is 8.78 Å². The number of aryl methyl sites for hydroxylation is 2. The molecule has 0 aliphatic carbocycles. The van der Waals surface area contributed by atoms with Crippen LogP contribution in [0.15, 0.2) is 12.1 Å². The molecule has 0 radical (unpaired) electrons. The third-order valence-corrected chi connectivity index (χ3v) is 1.62. The summed E-state index contributed by atoms with van der Waals surface area (Å²) in [6.45, 7) is 2.48. The van der Waals surface area contributed by atoms with Crippen molar-refractivity contribution in [2.45, 2.75) is 13.8 Å². The van der Waals surface area contributed by atoms with Crippen molar-refractivity contribution in [3.63, 3.8) is 0 Å². The molecule has 1 aromatic rings. The number of hydrogen-bond acceptors (Lipinski definition) is 1. The predicted molar refractivity (Wildman–Crippen MR) is 42.5 cm³/mol. The first-order chi connectivity index (χ1) is 5.65. The average molecular weight is 172 g/mol. The highest BCUT2D eigenvalue weighted by atomic mass is 19.1. The molecule has 0 unspecified atom stereocenters. The Morgan fingerprint density at radius 1 is 1.25 bits per heavy atom. The summed E-state index contributed by atoms with van der Waals surface area (Å²) in [6.07, 6.45) is 0. The molecule has 1 nitrogen and oxygen atoms in total. The SMILES string of the molecule is Cc1cc(F)cc(C)c1OCF. The number of halogens is 2. The minimum absolute atomic E-state index is 0.323. The van der Waals surface area contributed by atoms with Crippen molar-refractivity contribution in [2.75, 3.05) is 6.86 Å². The Labute approximate surface area is 70.0 Å². The van der Waals surface area contributed by atoms with Gasteiger partial charge in [-0.15, -0.1) is 0 Å². The summed E-state index contributed by atoms with van der Waals surface area (Å²) < 4.78 is 29.2. The molecular weight excluding hydrogens is 162 g/mol. The zero-order valence-electron chi connectivity index (χ0n) is 7.03. The van der Waals surface area contributed by atoms with Gasteiger partial charge >= 0.3 is 0 Å². The molecule has 3 heteroatoms. The lowest BCUT2D eigenvalue weighted by Crippen LogP contribution is -1.96. The third kappa shape index (κ3) is 1.72. The lowest BCUT2D eigenvalue weighted by Gasteiger charge is -2.08. The molecule has 0 fully saturated rings. The highest BCUT2D eigenvalue weighted by Crippen LogP contribution is 2.23. The Morgan fingerprint density at radius 2 is 1.75 bits per heavy atom. The van der Waals surface area contributed by atoms with Crippen LogP contribution >= 0.6 is 0 Å². The molecular formula is C9H10F2O. The molecule has 0 aromatic heterocycles. The van der Waals surface area contributed by atoms with Crippen molar-refractivity contribution in [3.05, 3.63) is 29.1 Å². The van der Waals surface area contributed by atoms with Gasteiger partial charge in [0.05, 0.1) is 0 Å². The maximum Gasteiger partial charge on any atom is 0.228 e. The normalized spacial score (nSPS) is 10.0. The average Bonchev–Trinajstić information content (AvgIpc) is 1.96. The molecule has 0 aliphatic heterocycles.